The van der Waals surface area contributed by atoms with Crippen LogP contribution in [0.25, 0.3) is 0 Å². The molecule has 2 rings (SSSR count). The second-order valence-corrected chi connectivity index (χ2v) is 7.30. The van der Waals surface area contributed by atoms with Crippen LogP contribution in [0.3, 0.4) is 0 Å². The van der Waals surface area contributed by atoms with Gasteiger partial charge in [-0.05, 0) is 32.9 Å². The number of guanidine groups is 1. The number of methoxy groups -OCH3 is 1. The molecule has 7 heteroatoms. The summed E-state index contributed by atoms with van der Waals surface area (Å²) in [6, 6.07) is 5.59. The molecule has 0 spiro atoms. The van der Waals surface area contributed by atoms with Crippen LogP contribution in [-0.2, 0) is 13.0 Å². The summed E-state index contributed by atoms with van der Waals surface area (Å²) in [5.41, 5.74) is 2.12. The Bertz CT molecular complexity index is 710. The highest BCUT2D eigenvalue weighted by atomic mass is 35.5. The van der Waals surface area contributed by atoms with Crippen LogP contribution in [-0.4, -0.2) is 31.1 Å². The number of aromatic nitrogens is 1. The molecule has 0 fully saturated rings. The molecule has 1 aromatic carbocycles. The van der Waals surface area contributed by atoms with Gasteiger partial charge in [-0.1, -0.05) is 17.7 Å². The molecular weight excluding hydrogens is 356 g/mol. The SMILES string of the molecule is CCNC(=NCc1ccc(Cl)cc1OC)NCCc1nc(C)c(C)s1. The normalized spacial score (nSPS) is 11.5. The quantitative estimate of drug-likeness (QED) is 0.567. The largest absolute Gasteiger partial charge is 0.496 e. The van der Waals surface area contributed by atoms with E-state index in [1.54, 1.807) is 24.5 Å². The number of hydrogen-bond donors (Lipinski definition) is 2. The zero-order valence-electron chi connectivity index (χ0n) is 15.1. The van der Waals surface area contributed by atoms with Gasteiger partial charge < -0.3 is 15.4 Å². The highest BCUT2D eigenvalue weighted by Crippen LogP contribution is 2.23. The van der Waals surface area contributed by atoms with Crippen LogP contribution < -0.4 is 15.4 Å². The molecule has 0 radical (unpaired) electrons. The monoisotopic (exact) mass is 380 g/mol. The highest BCUT2D eigenvalue weighted by Gasteiger charge is 2.06. The summed E-state index contributed by atoms with van der Waals surface area (Å²) in [5, 5.41) is 8.42. The first-order valence-corrected chi connectivity index (χ1v) is 9.50. The van der Waals surface area contributed by atoms with Crippen molar-refractivity contribution in [1.29, 1.82) is 0 Å². The van der Waals surface area contributed by atoms with E-state index in [-0.39, 0.29) is 0 Å². The third-order valence-electron chi connectivity index (χ3n) is 3.70. The number of benzene rings is 1. The molecule has 0 amide bonds. The minimum Gasteiger partial charge on any atom is -0.496 e. The molecule has 136 valence electrons. The van der Waals surface area contributed by atoms with Crippen LogP contribution >= 0.6 is 22.9 Å². The van der Waals surface area contributed by atoms with E-state index in [1.807, 2.05) is 26.0 Å². The van der Waals surface area contributed by atoms with Crippen LogP contribution in [0.1, 0.15) is 28.1 Å². The molecule has 0 aliphatic rings. The van der Waals surface area contributed by atoms with Crippen molar-refractivity contribution in [3.8, 4) is 5.75 Å². The Kier molecular flexibility index (Phi) is 7.52. The third-order valence-corrected chi connectivity index (χ3v) is 5.07. The van der Waals surface area contributed by atoms with Gasteiger partial charge in [-0.25, -0.2) is 9.98 Å². The Balaban J connectivity index is 1.96. The lowest BCUT2D eigenvalue weighted by Gasteiger charge is -2.12. The van der Waals surface area contributed by atoms with Crippen molar-refractivity contribution in [1.82, 2.24) is 15.6 Å². The first-order chi connectivity index (χ1) is 12.0. The minimum absolute atomic E-state index is 0.519. The minimum atomic E-state index is 0.519. The number of nitrogens with zero attached hydrogens (tertiary/aromatic N) is 2. The van der Waals surface area contributed by atoms with Gasteiger partial charge in [0.1, 0.15) is 5.75 Å². The maximum Gasteiger partial charge on any atom is 0.191 e. The van der Waals surface area contributed by atoms with E-state index in [0.717, 1.165) is 47.5 Å². The number of thiazole rings is 1. The van der Waals surface area contributed by atoms with Crippen LogP contribution in [0.5, 0.6) is 5.75 Å². The molecule has 1 heterocycles. The molecule has 0 saturated carbocycles. The molecule has 5 nitrogen and oxygen atoms in total. The molecule has 0 bridgehead atoms. The number of halogens is 1. The van der Waals surface area contributed by atoms with Crippen molar-refractivity contribution in [3.63, 3.8) is 0 Å². The lowest BCUT2D eigenvalue weighted by molar-refractivity contribution is 0.410. The van der Waals surface area contributed by atoms with Crippen molar-refractivity contribution in [2.24, 2.45) is 4.99 Å². The Morgan fingerprint density at radius 1 is 1.32 bits per heavy atom. The van der Waals surface area contributed by atoms with Gasteiger partial charge in [-0.2, -0.15) is 0 Å². The third kappa shape index (κ3) is 5.90. The van der Waals surface area contributed by atoms with Gasteiger partial charge in [0.05, 0.1) is 24.4 Å². The summed E-state index contributed by atoms with van der Waals surface area (Å²) in [4.78, 5) is 10.5. The van der Waals surface area contributed by atoms with Crippen molar-refractivity contribution in [2.45, 2.75) is 33.7 Å². The molecule has 25 heavy (non-hydrogen) atoms. The summed E-state index contributed by atoms with van der Waals surface area (Å²) in [6.07, 6.45) is 0.883. The van der Waals surface area contributed by atoms with Crippen LogP contribution in [0.4, 0.5) is 0 Å². The van der Waals surface area contributed by atoms with Crippen LogP contribution in [0.2, 0.25) is 5.02 Å². The molecular formula is C18H25ClN4OS. The fraction of sp³-hybridized carbons (Fsp3) is 0.444. The van der Waals surface area contributed by atoms with E-state index in [2.05, 4.69) is 27.5 Å². The Morgan fingerprint density at radius 3 is 2.76 bits per heavy atom. The molecule has 0 aliphatic heterocycles. The van der Waals surface area contributed by atoms with E-state index in [0.29, 0.717) is 11.6 Å². The van der Waals surface area contributed by atoms with E-state index in [4.69, 9.17) is 16.3 Å². The van der Waals surface area contributed by atoms with Gasteiger partial charge >= 0.3 is 0 Å². The standard InChI is InChI=1S/C18H25ClN4OS/c1-5-20-18(21-9-8-17-23-12(2)13(3)25-17)22-11-14-6-7-15(19)10-16(14)24-4/h6-7,10H,5,8-9,11H2,1-4H3,(H2,20,21,22). The first-order valence-electron chi connectivity index (χ1n) is 8.31. The molecule has 1 aromatic heterocycles. The second-order valence-electron chi connectivity index (χ2n) is 5.58. The fourth-order valence-electron chi connectivity index (χ4n) is 2.29. The molecule has 0 saturated heterocycles. The molecule has 0 aliphatic carbocycles. The Labute approximate surface area is 158 Å². The van der Waals surface area contributed by atoms with E-state index >= 15 is 0 Å². The number of aryl methyl sites for hydroxylation is 2. The zero-order valence-corrected chi connectivity index (χ0v) is 16.7. The lowest BCUT2D eigenvalue weighted by Crippen LogP contribution is -2.38. The van der Waals surface area contributed by atoms with Crippen LogP contribution in [0.15, 0.2) is 23.2 Å². The highest BCUT2D eigenvalue weighted by molar-refractivity contribution is 7.11. The number of ether oxygens (including phenoxy) is 1. The van der Waals surface area contributed by atoms with E-state index in [1.165, 1.54) is 4.88 Å². The number of rotatable bonds is 7. The fourth-order valence-corrected chi connectivity index (χ4v) is 3.38. The Morgan fingerprint density at radius 2 is 2.12 bits per heavy atom. The smallest absolute Gasteiger partial charge is 0.191 e. The summed E-state index contributed by atoms with van der Waals surface area (Å²) >= 11 is 7.76. The van der Waals surface area contributed by atoms with Gasteiger partial charge in [-0.15, -0.1) is 11.3 Å². The van der Waals surface area contributed by atoms with Crippen molar-refractivity contribution in [2.75, 3.05) is 20.2 Å². The Hall–Kier alpha value is -1.79. The van der Waals surface area contributed by atoms with Gasteiger partial charge in [0.15, 0.2) is 5.96 Å². The maximum absolute atomic E-state index is 6.00. The van der Waals surface area contributed by atoms with E-state index in [9.17, 15) is 0 Å². The maximum atomic E-state index is 6.00. The second kappa shape index (κ2) is 9.63. The van der Waals surface area contributed by atoms with Crippen molar-refractivity contribution < 1.29 is 4.74 Å². The summed E-state index contributed by atoms with van der Waals surface area (Å²) < 4.78 is 5.37. The summed E-state index contributed by atoms with van der Waals surface area (Å²) in [5.74, 6) is 1.53. The van der Waals surface area contributed by atoms with Gasteiger partial charge in [0, 0.05) is 35.0 Å². The van der Waals surface area contributed by atoms with Crippen molar-refractivity contribution in [3.05, 3.63) is 44.4 Å². The predicted molar refractivity (Wildman–Crippen MR) is 106 cm³/mol. The average molecular weight is 381 g/mol. The van der Waals surface area contributed by atoms with Crippen molar-refractivity contribution >= 4 is 28.9 Å². The topological polar surface area (TPSA) is 58.5 Å². The zero-order chi connectivity index (χ0) is 18.2. The number of hydrogen-bond acceptors (Lipinski definition) is 4. The number of nitrogens with one attached hydrogen (secondary N) is 2. The molecule has 0 atom stereocenters. The average Bonchev–Trinajstić information content (AvgIpc) is 2.91. The molecule has 2 aromatic rings. The van der Waals surface area contributed by atoms with Gasteiger partial charge in [0.2, 0.25) is 0 Å². The summed E-state index contributed by atoms with van der Waals surface area (Å²) in [7, 11) is 1.64. The van der Waals surface area contributed by atoms with Gasteiger partial charge in [0.25, 0.3) is 0 Å². The molecule has 0 unspecified atom stereocenters. The molecule has 2 N–H and O–H groups in total. The summed E-state index contributed by atoms with van der Waals surface area (Å²) in [6.45, 7) is 8.32. The lowest BCUT2D eigenvalue weighted by atomic mass is 10.2. The first kappa shape index (κ1) is 19.5. The van der Waals surface area contributed by atoms with E-state index < -0.39 is 0 Å². The van der Waals surface area contributed by atoms with Gasteiger partial charge in [-0.3, -0.25) is 0 Å². The predicted octanol–water partition coefficient (Wildman–Crippen LogP) is 3.72. The van der Waals surface area contributed by atoms with Crippen LogP contribution in [0, 0.1) is 13.8 Å². The number of aliphatic imine (C=N–C) groups is 1.